The molecule has 0 radical (unpaired) electrons. The zero-order chi connectivity index (χ0) is 12.7. The van der Waals surface area contributed by atoms with Gasteiger partial charge in [0.05, 0.1) is 21.4 Å². The van der Waals surface area contributed by atoms with Gasteiger partial charge in [-0.1, -0.05) is 23.7 Å². The Labute approximate surface area is 107 Å². The van der Waals surface area contributed by atoms with Crippen molar-refractivity contribution in [3.63, 3.8) is 0 Å². The van der Waals surface area contributed by atoms with Crippen molar-refractivity contribution in [1.29, 1.82) is 0 Å². The van der Waals surface area contributed by atoms with Gasteiger partial charge in [0.25, 0.3) is 0 Å². The third-order valence-corrected chi connectivity index (χ3v) is 3.15. The highest BCUT2D eigenvalue weighted by Gasteiger charge is 2.13. The molecule has 0 saturated heterocycles. The van der Waals surface area contributed by atoms with E-state index < -0.39 is 0 Å². The first kappa shape index (κ1) is 11.0. The molecule has 2 aromatic carbocycles. The Morgan fingerprint density at radius 3 is 2.67 bits per heavy atom. The fourth-order valence-electron chi connectivity index (χ4n) is 1.98. The molecule has 0 spiro atoms. The van der Waals surface area contributed by atoms with Crippen LogP contribution in [0, 0.1) is 0 Å². The number of rotatable bonds is 1. The van der Waals surface area contributed by atoms with Gasteiger partial charge in [0.2, 0.25) is 5.43 Å². The summed E-state index contributed by atoms with van der Waals surface area (Å²) in [6.07, 6.45) is 0.649. The fourth-order valence-corrected chi connectivity index (χ4v) is 2.21. The molecule has 0 N–H and O–H groups in total. The van der Waals surface area contributed by atoms with Gasteiger partial charge in [-0.15, -0.1) is 0 Å². The van der Waals surface area contributed by atoms with Crippen molar-refractivity contribution in [3.8, 4) is 0 Å². The van der Waals surface area contributed by atoms with E-state index in [0.29, 0.717) is 22.8 Å². The zero-order valence-electron chi connectivity index (χ0n) is 9.14. The first-order valence-corrected chi connectivity index (χ1v) is 5.69. The standard InChI is InChI=1S/C14H7ClO3/c15-10-6-5-8(7-16)14-12(10)13(17)9-3-1-2-4-11(9)18-14/h1-7H. The molecule has 4 heteroatoms. The maximum Gasteiger partial charge on any atom is 0.202 e. The molecule has 18 heavy (non-hydrogen) atoms. The lowest BCUT2D eigenvalue weighted by Gasteiger charge is -2.04. The van der Waals surface area contributed by atoms with E-state index in [1.165, 1.54) is 12.1 Å². The Bertz CT molecular complexity index is 833. The summed E-state index contributed by atoms with van der Waals surface area (Å²) in [6.45, 7) is 0. The summed E-state index contributed by atoms with van der Waals surface area (Å²) in [5.74, 6) is 0. The van der Waals surface area contributed by atoms with Gasteiger partial charge >= 0.3 is 0 Å². The van der Waals surface area contributed by atoms with E-state index in [-0.39, 0.29) is 21.4 Å². The summed E-state index contributed by atoms with van der Waals surface area (Å²) in [4.78, 5) is 23.3. The molecule has 3 aromatic rings. The van der Waals surface area contributed by atoms with E-state index in [0.717, 1.165) is 0 Å². The molecule has 88 valence electrons. The first-order valence-electron chi connectivity index (χ1n) is 5.31. The molecule has 1 heterocycles. The van der Waals surface area contributed by atoms with E-state index in [9.17, 15) is 9.59 Å². The van der Waals surface area contributed by atoms with Gasteiger partial charge in [-0.3, -0.25) is 9.59 Å². The lowest BCUT2D eigenvalue weighted by Crippen LogP contribution is -2.03. The van der Waals surface area contributed by atoms with Crippen molar-refractivity contribution in [3.05, 3.63) is 57.2 Å². The number of hydrogen-bond acceptors (Lipinski definition) is 3. The molecule has 3 rings (SSSR count). The smallest absolute Gasteiger partial charge is 0.202 e. The van der Waals surface area contributed by atoms with Crippen LogP contribution in [0.4, 0.5) is 0 Å². The van der Waals surface area contributed by atoms with Crippen LogP contribution in [0.3, 0.4) is 0 Å². The van der Waals surface area contributed by atoms with E-state index in [2.05, 4.69) is 0 Å². The van der Waals surface area contributed by atoms with Crippen molar-refractivity contribution < 1.29 is 9.21 Å². The summed E-state index contributed by atoms with van der Waals surface area (Å²) in [5.41, 5.74) is 0.777. The van der Waals surface area contributed by atoms with Crippen molar-refractivity contribution in [2.24, 2.45) is 0 Å². The summed E-state index contributed by atoms with van der Waals surface area (Å²) < 4.78 is 5.61. The van der Waals surface area contributed by atoms with Crippen LogP contribution in [-0.2, 0) is 0 Å². The summed E-state index contributed by atoms with van der Waals surface area (Å²) in [5, 5.41) is 0.991. The number of fused-ring (bicyclic) bond motifs is 2. The van der Waals surface area contributed by atoms with Crippen LogP contribution in [-0.4, -0.2) is 6.29 Å². The quantitative estimate of drug-likeness (QED) is 0.496. The molecule has 0 aliphatic carbocycles. The highest BCUT2D eigenvalue weighted by Crippen LogP contribution is 2.26. The fraction of sp³-hybridized carbons (Fsp3) is 0. The molecule has 0 aliphatic heterocycles. The number of para-hydroxylation sites is 1. The molecule has 0 fully saturated rings. The minimum Gasteiger partial charge on any atom is -0.455 e. The number of carbonyl (C=O) groups is 1. The van der Waals surface area contributed by atoms with Crippen LogP contribution in [0.15, 0.2) is 45.6 Å². The Hall–Kier alpha value is -2.13. The second kappa shape index (κ2) is 3.96. The molecule has 0 amide bonds. The van der Waals surface area contributed by atoms with Gasteiger partial charge < -0.3 is 4.42 Å². The van der Waals surface area contributed by atoms with Crippen LogP contribution in [0.1, 0.15) is 10.4 Å². The molecular formula is C14H7ClO3. The van der Waals surface area contributed by atoms with Crippen LogP contribution in [0.5, 0.6) is 0 Å². The van der Waals surface area contributed by atoms with E-state index in [4.69, 9.17) is 16.0 Å². The van der Waals surface area contributed by atoms with Gasteiger partial charge in [0, 0.05) is 0 Å². The van der Waals surface area contributed by atoms with Gasteiger partial charge in [-0.05, 0) is 24.3 Å². The minimum absolute atomic E-state index is 0.222. The van der Waals surface area contributed by atoms with E-state index >= 15 is 0 Å². The highest BCUT2D eigenvalue weighted by molar-refractivity contribution is 6.35. The number of aldehydes is 1. The van der Waals surface area contributed by atoms with Crippen molar-refractivity contribution >= 4 is 39.8 Å². The average molecular weight is 259 g/mol. The molecule has 0 aliphatic rings. The topological polar surface area (TPSA) is 47.3 Å². The molecule has 1 aromatic heterocycles. The molecule has 0 bridgehead atoms. The minimum atomic E-state index is -0.222. The Morgan fingerprint density at radius 1 is 1.11 bits per heavy atom. The van der Waals surface area contributed by atoms with Crippen LogP contribution < -0.4 is 5.43 Å². The third-order valence-electron chi connectivity index (χ3n) is 2.84. The Balaban J connectivity index is 2.67. The van der Waals surface area contributed by atoms with Gasteiger partial charge in [0.1, 0.15) is 5.58 Å². The number of halogens is 1. The van der Waals surface area contributed by atoms with E-state index in [1.807, 2.05) is 0 Å². The molecule has 0 saturated carbocycles. The number of carbonyl (C=O) groups excluding carboxylic acids is 1. The summed E-state index contributed by atoms with van der Waals surface area (Å²) in [6, 6.07) is 9.94. The highest BCUT2D eigenvalue weighted by atomic mass is 35.5. The first-order chi connectivity index (χ1) is 8.72. The lowest BCUT2D eigenvalue weighted by molar-refractivity contribution is 0.112. The van der Waals surface area contributed by atoms with Crippen molar-refractivity contribution in [1.82, 2.24) is 0 Å². The SMILES string of the molecule is O=Cc1ccc(Cl)c2c(=O)c3ccccc3oc12. The number of hydrogen-bond donors (Lipinski definition) is 0. The average Bonchev–Trinajstić information content (AvgIpc) is 2.39. The molecule has 3 nitrogen and oxygen atoms in total. The second-order valence-corrected chi connectivity index (χ2v) is 4.29. The predicted molar refractivity (Wildman–Crippen MR) is 70.4 cm³/mol. The summed E-state index contributed by atoms with van der Waals surface area (Å²) >= 11 is 6.02. The van der Waals surface area contributed by atoms with Crippen LogP contribution in [0.2, 0.25) is 5.02 Å². The maximum atomic E-state index is 12.3. The Kier molecular flexibility index (Phi) is 2.42. The Morgan fingerprint density at radius 2 is 1.89 bits per heavy atom. The van der Waals surface area contributed by atoms with Crippen LogP contribution in [0.25, 0.3) is 21.9 Å². The zero-order valence-corrected chi connectivity index (χ0v) is 9.90. The molecular weight excluding hydrogens is 252 g/mol. The van der Waals surface area contributed by atoms with Crippen molar-refractivity contribution in [2.45, 2.75) is 0 Å². The van der Waals surface area contributed by atoms with E-state index in [1.54, 1.807) is 24.3 Å². The van der Waals surface area contributed by atoms with Gasteiger partial charge in [-0.2, -0.15) is 0 Å². The monoisotopic (exact) mass is 258 g/mol. The molecule has 0 atom stereocenters. The number of benzene rings is 2. The normalized spacial score (nSPS) is 10.9. The predicted octanol–water partition coefficient (Wildman–Crippen LogP) is 3.41. The second-order valence-electron chi connectivity index (χ2n) is 3.89. The maximum absolute atomic E-state index is 12.3. The van der Waals surface area contributed by atoms with Crippen molar-refractivity contribution in [2.75, 3.05) is 0 Å². The summed E-state index contributed by atoms with van der Waals surface area (Å²) in [7, 11) is 0. The van der Waals surface area contributed by atoms with Crippen LogP contribution >= 0.6 is 11.6 Å². The van der Waals surface area contributed by atoms with Gasteiger partial charge in [-0.25, -0.2) is 0 Å². The largest absolute Gasteiger partial charge is 0.455 e. The lowest BCUT2D eigenvalue weighted by atomic mass is 10.1. The van der Waals surface area contributed by atoms with Gasteiger partial charge in [0.15, 0.2) is 11.9 Å². The third kappa shape index (κ3) is 1.45. The molecule has 0 unspecified atom stereocenters.